The third kappa shape index (κ3) is 5.36. The molecule has 0 spiro atoms. The summed E-state index contributed by atoms with van der Waals surface area (Å²) in [6, 6.07) is -0.737. The number of hydrogen-bond acceptors (Lipinski definition) is 2. The normalized spacial score (nSPS) is 12.8. The second-order valence-electron chi connectivity index (χ2n) is 7.49. The zero-order chi connectivity index (χ0) is 20.3. The van der Waals surface area contributed by atoms with Crippen LogP contribution in [-0.2, 0) is 4.79 Å². The number of hydrogen-bond donors (Lipinski definition) is 2. The Bertz CT molecular complexity index is 753. The Balaban J connectivity index is 2.98. The van der Waals surface area contributed by atoms with Gasteiger partial charge in [0, 0.05) is 18.6 Å². The quantitative estimate of drug-likeness (QED) is 0.613. The van der Waals surface area contributed by atoms with Crippen molar-refractivity contribution in [1.29, 1.82) is 0 Å². The van der Waals surface area contributed by atoms with Gasteiger partial charge in [0.1, 0.15) is 37.1 Å². The highest BCUT2D eigenvalue weighted by Gasteiger charge is 2.33. The molecule has 0 aliphatic carbocycles. The molecule has 1 atom stereocenters. The Morgan fingerprint density at radius 1 is 1.19 bits per heavy atom. The van der Waals surface area contributed by atoms with Gasteiger partial charge in [0.25, 0.3) is 5.91 Å². The molecule has 1 amide bonds. The lowest BCUT2D eigenvalue weighted by Crippen LogP contribution is -2.41. The molecule has 0 heterocycles. The molecule has 0 aliphatic heterocycles. The lowest BCUT2D eigenvalue weighted by Gasteiger charge is -2.31. The van der Waals surface area contributed by atoms with Crippen LogP contribution in [0.2, 0.25) is 18.1 Å². The van der Waals surface area contributed by atoms with Gasteiger partial charge < -0.3 is 10.4 Å². The van der Waals surface area contributed by atoms with Gasteiger partial charge in [0.05, 0.1) is 0 Å². The maximum atomic E-state index is 13.6. The molecule has 0 fully saturated rings. The third-order valence-electron chi connectivity index (χ3n) is 4.42. The van der Waals surface area contributed by atoms with Crippen molar-refractivity contribution >= 4 is 20.0 Å². The topological polar surface area (TPSA) is 66.4 Å². The molecule has 1 aromatic rings. The first-order valence-corrected chi connectivity index (χ1v) is 10.9. The monoisotopic (exact) mass is 385 g/mol. The van der Waals surface area contributed by atoms with Gasteiger partial charge in [-0.25, -0.2) is 18.0 Å². The van der Waals surface area contributed by atoms with Crippen molar-refractivity contribution in [3.63, 3.8) is 0 Å². The number of rotatable bonds is 4. The summed E-state index contributed by atoms with van der Waals surface area (Å²) in [7, 11) is -1.96. The van der Waals surface area contributed by atoms with Gasteiger partial charge in [-0.05, 0) is 5.04 Å². The maximum Gasteiger partial charge on any atom is 0.327 e. The number of carbonyl (C=O) groups excluding carboxylic acids is 1. The lowest BCUT2D eigenvalue weighted by atomic mass is 10.1. The van der Waals surface area contributed by atoms with E-state index in [9.17, 15) is 27.9 Å². The van der Waals surface area contributed by atoms with E-state index in [4.69, 9.17) is 0 Å². The van der Waals surface area contributed by atoms with E-state index in [1.54, 1.807) is 0 Å². The highest BCUT2D eigenvalue weighted by atomic mass is 28.3. The number of amides is 1. The molecule has 2 N–H and O–H groups in total. The molecule has 4 nitrogen and oxygen atoms in total. The van der Waals surface area contributed by atoms with Gasteiger partial charge >= 0.3 is 5.97 Å². The Kier molecular flexibility index (Phi) is 6.66. The molecule has 0 saturated carbocycles. The molecule has 0 unspecified atom stereocenters. The van der Waals surface area contributed by atoms with E-state index in [0.717, 1.165) is 0 Å². The average Bonchev–Trinajstić information content (AvgIpc) is 2.43. The summed E-state index contributed by atoms with van der Waals surface area (Å²) in [5, 5.41) is 11.2. The second kappa shape index (κ2) is 7.95. The van der Waals surface area contributed by atoms with E-state index < -0.39 is 49.0 Å². The molecule has 142 valence electrons. The van der Waals surface area contributed by atoms with Crippen molar-refractivity contribution in [2.45, 2.75) is 51.4 Å². The van der Waals surface area contributed by atoms with Gasteiger partial charge in [-0.3, -0.25) is 4.79 Å². The van der Waals surface area contributed by atoms with Crippen LogP contribution in [0.3, 0.4) is 0 Å². The van der Waals surface area contributed by atoms with E-state index in [1.807, 2.05) is 39.2 Å². The van der Waals surface area contributed by atoms with Crippen LogP contribution in [-0.4, -0.2) is 31.1 Å². The highest BCUT2D eigenvalue weighted by Crippen LogP contribution is 2.35. The minimum atomic E-state index is -1.96. The smallest absolute Gasteiger partial charge is 0.327 e. The molecule has 0 aliphatic rings. The summed E-state index contributed by atoms with van der Waals surface area (Å²) >= 11 is 0. The predicted molar refractivity (Wildman–Crippen MR) is 94.8 cm³/mol. The van der Waals surface area contributed by atoms with Crippen LogP contribution in [0.15, 0.2) is 12.1 Å². The largest absolute Gasteiger partial charge is 0.480 e. The van der Waals surface area contributed by atoms with Gasteiger partial charge in [-0.1, -0.05) is 33.9 Å². The minimum Gasteiger partial charge on any atom is -0.480 e. The number of carbonyl (C=O) groups is 2. The molecule has 0 aromatic heterocycles. The lowest BCUT2D eigenvalue weighted by molar-refractivity contribution is -0.139. The molecular weight excluding hydrogens is 363 g/mol. The average molecular weight is 385 g/mol. The first kappa shape index (κ1) is 21.8. The van der Waals surface area contributed by atoms with E-state index in [-0.39, 0.29) is 11.5 Å². The Morgan fingerprint density at radius 3 is 2.12 bits per heavy atom. The van der Waals surface area contributed by atoms with Gasteiger partial charge in [0.2, 0.25) is 0 Å². The number of nitrogens with one attached hydrogen (secondary N) is 1. The van der Waals surface area contributed by atoms with Crippen molar-refractivity contribution in [2.75, 3.05) is 0 Å². The highest BCUT2D eigenvalue weighted by molar-refractivity contribution is 6.87. The third-order valence-corrected chi connectivity index (χ3v) is 8.97. The number of carboxylic acids is 1. The maximum absolute atomic E-state index is 13.6. The molecule has 26 heavy (non-hydrogen) atoms. The molecule has 0 bridgehead atoms. The summed E-state index contributed by atoms with van der Waals surface area (Å²) in [5.41, 5.74) is 2.07. The van der Waals surface area contributed by atoms with Gasteiger partial charge in [-0.2, -0.15) is 0 Å². The summed E-state index contributed by atoms with van der Waals surface area (Å²) in [4.78, 5) is 23.3. The summed E-state index contributed by atoms with van der Waals surface area (Å²) in [5.74, 6) is -3.87. The summed E-state index contributed by atoms with van der Waals surface area (Å²) in [6.07, 6.45) is -0.210. The first-order valence-electron chi connectivity index (χ1n) is 7.94. The fourth-order valence-corrected chi connectivity index (χ4v) is 2.67. The first-order chi connectivity index (χ1) is 11.8. The van der Waals surface area contributed by atoms with Gasteiger partial charge in [-0.15, -0.1) is 11.5 Å². The van der Waals surface area contributed by atoms with Crippen LogP contribution in [0.1, 0.15) is 37.6 Å². The van der Waals surface area contributed by atoms with Crippen molar-refractivity contribution in [2.24, 2.45) is 0 Å². The van der Waals surface area contributed by atoms with Crippen LogP contribution in [0.4, 0.5) is 13.2 Å². The fourth-order valence-electron chi connectivity index (χ4n) is 1.75. The summed E-state index contributed by atoms with van der Waals surface area (Å²) in [6.45, 7) is 10.2. The van der Waals surface area contributed by atoms with E-state index >= 15 is 0 Å². The molecule has 1 aromatic carbocycles. The minimum absolute atomic E-state index is 0.0255. The molecule has 0 saturated heterocycles. The fraction of sp³-hybridized carbons (Fsp3) is 0.444. The van der Waals surface area contributed by atoms with Crippen molar-refractivity contribution < 1.29 is 27.9 Å². The van der Waals surface area contributed by atoms with Crippen LogP contribution >= 0.6 is 0 Å². The van der Waals surface area contributed by atoms with Crippen LogP contribution in [0.25, 0.3) is 0 Å². The standard InChI is InChI=1S/C18H22F3NO3Si/c1-18(2,3)26(4,5)8-6-7-14(17(24)25)22-16(23)15-12(20)9-11(19)10-13(15)21/h9-10,14H,7H2,1-5H3,(H,22,23)(H,24,25)/t14-/m0/s1. The predicted octanol–water partition coefficient (Wildman–Crippen LogP) is 3.73. The number of benzene rings is 1. The van der Waals surface area contributed by atoms with Gasteiger partial charge in [0.15, 0.2) is 0 Å². The van der Waals surface area contributed by atoms with Crippen molar-refractivity contribution in [3.8, 4) is 11.5 Å². The van der Waals surface area contributed by atoms with Crippen LogP contribution in [0.5, 0.6) is 0 Å². The molecular formula is C18H22F3NO3Si. The molecule has 0 radical (unpaired) electrons. The van der Waals surface area contributed by atoms with Crippen molar-refractivity contribution in [1.82, 2.24) is 5.32 Å². The van der Waals surface area contributed by atoms with E-state index in [1.165, 1.54) is 0 Å². The Morgan fingerprint density at radius 2 is 1.69 bits per heavy atom. The van der Waals surface area contributed by atoms with E-state index in [0.29, 0.717) is 12.1 Å². The molecule has 1 rings (SSSR count). The second-order valence-corrected chi connectivity index (χ2v) is 12.5. The Hall–Kier alpha value is -2.27. The zero-order valence-corrected chi connectivity index (χ0v) is 16.3. The van der Waals surface area contributed by atoms with E-state index in [2.05, 4.69) is 11.5 Å². The molecule has 8 heteroatoms. The SMILES string of the molecule is CC(C)(C)[Si](C)(C)C#CC[C@H](NC(=O)c1c(F)cc(F)cc1F)C(=O)O. The Labute approximate surface area is 151 Å². The number of aliphatic carboxylic acids is 1. The number of carboxylic acid groups (broad SMARTS) is 1. The van der Waals surface area contributed by atoms with Crippen molar-refractivity contribution in [3.05, 3.63) is 35.1 Å². The van der Waals surface area contributed by atoms with Crippen LogP contribution < -0.4 is 5.32 Å². The zero-order valence-electron chi connectivity index (χ0n) is 15.3. The number of halogens is 3. The summed E-state index contributed by atoms with van der Waals surface area (Å²) < 4.78 is 40.2. The van der Waals surface area contributed by atoms with Crippen LogP contribution in [0, 0.1) is 28.9 Å².